The van der Waals surface area contributed by atoms with Crippen molar-refractivity contribution in [1.29, 1.82) is 0 Å². The lowest BCUT2D eigenvalue weighted by Gasteiger charge is -2.32. The number of methoxy groups -OCH3 is 2. The van der Waals surface area contributed by atoms with Crippen molar-refractivity contribution in [3.8, 4) is 11.5 Å². The molecule has 2 aromatic rings. The van der Waals surface area contributed by atoms with Crippen LogP contribution in [0, 0.1) is 0 Å². The molecule has 3 heterocycles. The van der Waals surface area contributed by atoms with E-state index in [1.807, 2.05) is 11.1 Å². The maximum Gasteiger partial charge on any atom is 0.257 e. The van der Waals surface area contributed by atoms with Crippen LogP contribution in [-0.4, -0.2) is 54.6 Å². The molecule has 1 aromatic carbocycles. The van der Waals surface area contributed by atoms with Gasteiger partial charge in [-0.2, -0.15) is 0 Å². The number of nitrogens with zero attached hydrogens (tertiary/aromatic N) is 3. The van der Waals surface area contributed by atoms with E-state index in [0.717, 1.165) is 50.4 Å². The molecule has 0 saturated carbocycles. The van der Waals surface area contributed by atoms with E-state index in [-0.39, 0.29) is 11.8 Å². The van der Waals surface area contributed by atoms with E-state index in [2.05, 4.69) is 10.3 Å². The minimum absolute atomic E-state index is 0.0219. The van der Waals surface area contributed by atoms with Gasteiger partial charge < -0.3 is 19.7 Å². The topological polar surface area (TPSA) is 76.6 Å². The van der Waals surface area contributed by atoms with Crippen LogP contribution >= 0.6 is 0 Å². The van der Waals surface area contributed by atoms with Gasteiger partial charge in [0.2, 0.25) is 0 Å². The van der Waals surface area contributed by atoms with Crippen molar-refractivity contribution in [3.05, 3.63) is 47.0 Å². The Morgan fingerprint density at radius 2 is 2.18 bits per heavy atom. The number of piperidine rings is 1. The molecule has 0 radical (unpaired) electrons. The largest absolute Gasteiger partial charge is 0.497 e. The van der Waals surface area contributed by atoms with Crippen molar-refractivity contribution in [1.82, 2.24) is 20.2 Å². The molecule has 2 aliphatic heterocycles. The summed E-state index contributed by atoms with van der Waals surface area (Å²) in [4.78, 5) is 24.5. The average molecular weight is 382 g/mol. The lowest BCUT2D eigenvalue weighted by atomic mass is 9.95. The number of carbonyl (C=O) groups is 1. The molecule has 1 amide bonds. The molecule has 1 unspecified atom stereocenters. The molecule has 28 heavy (non-hydrogen) atoms. The standard InChI is InChI=1S/C21H26N4O3/c1-27-16-5-6-17(19(10-16)28-2)21(26)25-9-3-4-14(13-25)20-23-12-15-11-22-8-7-18(15)24-20/h5-6,10,12,14,22H,3-4,7-9,11,13H2,1-2H3. The summed E-state index contributed by atoms with van der Waals surface area (Å²) in [6.45, 7) is 3.16. The molecular formula is C21H26N4O3. The van der Waals surface area contributed by atoms with Crippen LogP contribution in [0.4, 0.5) is 0 Å². The van der Waals surface area contributed by atoms with Crippen LogP contribution in [0.3, 0.4) is 0 Å². The Labute approximate surface area is 165 Å². The lowest BCUT2D eigenvalue weighted by molar-refractivity contribution is 0.0701. The molecule has 7 heteroatoms. The quantitative estimate of drug-likeness (QED) is 0.873. The summed E-state index contributed by atoms with van der Waals surface area (Å²) in [5.74, 6) is 2.21. The maximum absolute atomic E-state index is 13.1. The van der Waals surface area contributed by atoms with Gasteiger partial charge in [0.1, 0.15) is 17.3 Å². The Morgan fingerprint density at radius 1 is 1.29 bits per heavy atom. The van der Waals surface area contributed by atoms with Crippen LogP contribution in [0.1, 0.15) is 46.2 Å². The number of amides is 1. The van der Waals surface area contributed by atoms with E-state index < -0.39 is 0 Å². The number of hydrogen-bond acceptors (Lipinski definition) is 6. The van der Waals surface area contributed by atoms with Gasteiger partial charge in [0.05, 0.1) is 19.8 Å². The van der Waals surface area contributed by atoms with Crippen LogP contribution in [0.25, 0.3) is 0 Å². The molecule has 4 rings (SSSR count). The third-order valence-electron chi connectivity index (χ3n) is 5.54. The predicted octanol–water partition coefficient (Wildman–Crippen LogP) is 2.16. The average Bonchev–Trinajstić information content (AvgIpc) is 2.77. The zero-order valence-electron chi connectivity index (χ0n) is 16.4. The minimum Gasteiger partial charge on any atom is -0.497 e. The van der Waals surface area contributed by atoms with Crippen molar-refractivity contribution in [2.45, 2.75) is 31.7 Å². The molecule has 1 saturated heterocycles. The number of aromatic nitrogens is 2. The van der Waals surface area contributed by atoms with Crippen LogP contribution in [0.15, 0.2) is 24.4 Å². The second kappa shape index (κ2) is 8.14. The van der Waals surface area contributed by atoms with Gasteiger partial charge in [-0.15, -0.1) is 0 Å². The third-order valence-corrected chi connectivity index (χ3v) is 5.54. The van der Waals surface area contributed by atoms with Gasteiger partial charge in [-0.1, -0.05) is 0 Å². The highest BCUT2D eigenvalue weighted by Crippen LogP contribution is 2.30. The number of hydrogen-bond donors (Lipinski definition) is 1. The number of nitrogens with one attached hydrogen (secondary N) is 1. The summed E-state index contributed by atoms with van der Waals surface area (Å²) in [7, 11) is 3.17. The van der Waals surface area contributed by atoms with Gasteiger partial charge in [-0.05, 0) is 25.0 Å². The first-order valence-electron chi connectivity index (χ1n) is 9.76. The van der Waals surface area contributed by atoms with E-state index in [1.54, 1.807) is 32.4 Å². The van der Waals surface area contributed by atoms with Gasteiger partial charge in [0.15, 0.2) is 0 Å². The van der Waals surface area contributed by atoms with Crippen molar-refractivity contribution in [2.75, 3.05) is 33.9 Å². The Morgan fingerprint density at radius 3 is 3.00 bits per heavy atom. The SMILES string of the molecule is COc1ccc(C(=O)N2CCCC(c3ncc4c(n3)CCNC4)C2)c(OC)c1. The normalized spacial score (nSPS) is 19.1. The predicted molar refractivity (Wildman–Crippen MR) is 105 cm³/mol. The molecule has 0 aliphatic carbocycles. The summed E-state index contributed by atoms with van der Waals surface area (Å²) in [6.07, 6.45) is 4.82. The number of likely N-dealkylation sites (tertiary alicyclic amines) is 1. The number of rotatable bonds is 4. The summed E-state index contributed by atoms with van der Waals surface area (Å²) in [5.41, 5.74) is 2.88. The monoisotopic (exact) mass is 382 g/mol. The smallest absolute Gasteiger partial charge is 0.257 e. The number of carbonyl (C=O) groups excluding carboxylic acids is 1. The second-order valence-corrected chi connectivity index (χ2v) is 7.28. The fourth-order valence-electron chi connectivity index (χ4n) is 3.97. The Kier molecular flexibility index (Phi) is 5.43. The van der Waals surface area contributed by atoms with Gasteiger partial charge in [-0.3, -0.25) is 4.79 Å². The molecule has 148 valence electrons. The van der Waals surface area contributed by atoms with Gasteiger partial charge >= 0.3 is 0 Å². The van der Waals surface area contributed by atoms with Crippen LogP contribution in [0.2, 0.25) is 0 Å². The molecular weight excluding hydrogens is 356 g/mol. The fourth-order valence-corrected chi connectivity index (χ4v) is 3.97. The Bertz CT molecular complexity index is 871. The first-order chi connectivity index (χ1) is 13.7. The number of fused-ring (bicyclic) bond motifs is 1. The Balaban J connectivity index is 1.53. The zero-order chi connectivity index (χ0) is 19.5. The first-order valence-corrected chi connectivity index (χ1v) is 9.76. The molecule has 0 spiro atoms. The molecule has 2 aliphatic rings. The molecule has 1 fully saturated rings. The first kappa shape index (κ1) is 18.7. The zero-order valence-corrected chi connectivity index (χ0v) is 16.4. The molecule has 1 N–H and O–H groups in total. The van der Waals surface area contributed by atoms with E-state index in [4.69, 9.17) is 14.5 Å². The van der Waals surface area contributed by atoms with Crippen molar-refractivity contribution < 1.29 is 14.3 Å². The van der Waals surface area contributed by atoms with Crippen molar-refractivity contribution in [2.24, 2.45) is 0 Å². The number of benzene rings is 1. The number of ether oxygens (including phenoxy) is 2. The van der Waals surface area contributed by atoms with Gasteiger partial charge in [0, 0.05) is 62.0 Å². The van der Waals surface area contributed by atoms with Gasteiger partial charge in [-0.25, -0.2) is 9.97 Å². The minimum atomic E-state index is -0.0219. The van der Waals surface area contributed by atoms with E-state index in [9.17, 15) is 4.79 Å². The summed E-state index contributed by atoms with van der Waals surface area (Å²) in [6, 6.07) is 5.30. The highest BCUT2D eigenvalue weighted by molar-refractivity contribution is 5.97. The van der Waals surface area contributed by atoms with Crippen molar-refractivity contribution in [3.63, 3.8) is 0 Å². The Hall–Kier alpha value is -2.67. The molecule has 7 nitrogen and oxygen atoms in total. The van der Waals surface area contributed by atoms with E-state index in [0.29, 0.717) is 23.6 Å². The van der Waals surface area contributed by atoms with Crippen molar-refractivity contribution >= 4 is 5.91 Å². The highest BCUT2D eigenvalue weighted by Gasteiger charge is 2.29. The van der Waals surface area contributed by atoms with Crippen LogP contribution < -0.4 is 14.8 Å². The van der Waals surface area contributed by atoms with Crippen LogP contribution in [-0.2, 0) is 13.0 Å². The van der Waals surface area contributed by atoms with Crippen LogP contribution in [0.5, 0.6) is 11.5 Å². The van der Waals surface area contributed by atoms with E-state index in [1.165, 1.54) is 5.56 Å². The maximum atomic E-state index is 13.1. The molecule has 1 aromatic heterocycles. The summed E-state index contributed by atoms with van der Waals surface area (Å²) in [5, 5.41) is 3.35. The molecule has 1 atom stereocenters. The summed E-state index contributed by atoms with van der Waals surface area (Å²) < 4.78 is 10.6. The second-order valence-electron chi connectivity index (χ2n) is 7.28. The lowest BCUT2D eigenvalue weighted by Crippen LogP contribution is -2.40. The fraction of sp³-hybridized carbons (Fsp3) is 0.476. The highest BCUT2D eigenvalue weighted by atomic mass is 16.5. The van der Waals surface area contributed by atoms with E-state index >= 15 is 0 Å². The van der Waals surface area contributed by atoms with Gasteiger partial charge in [0.25, 0.3) is 5.91 Å². The molecule has 0 bridgehead atoms. The third kappa shape index (κ3) is 3.67. The summed E-state index contributed by atoms with van der Waals surface area (Å²) >= 11 is 0.